The summed E-state index contributed by atoms with van der Waals surface area (Å²) in [4.78, 5) is 24.2. The Bertz CT molecular complexity index is 679. The minimum atomic E-state index is -0.695. The molecule has 2 aliphatic heterocycles. The lowest BCUT2D eigenvalue weighted by Crippen LogP contribution is -2.36. The first kappa shape index (κ1) is 16.5. The molecule has 3 rings (SSSR count). The van der Waals surface area contributed by atoms with E-state index in [2.05, 4.69) is 20.4 Å². The Morgan fingerprint density at radius 3 is 2.58 bits per heavy atom. The Morgan fingerprint density at radius 2 is 2.00 bits per heavy atom. The number of carbonyl (C=O) groups excluding carboxylic acids is 1. The minimum Gasteiger partial charge on any atom is -0.481 e. The van der Waals surface area contributed by atoms with Crippen LogP contribution in [0.15, 0.2) is 34.5 Å². The summed E-state index contributed by atoms with van der Waals surface area (Å²) >= 11 is 1.34. The van der Waals surface area contributed by atoms with Crippen molar-refractivity contribution in [3.8, 4) is 0 Å². The molecule has 0 aliphatic carbocycles. The van der Waals surface area contributed by atoms with Gasteiger partial charge in [0.15, 0.2) is 5.17 Å². The van der Waals surface area contributed by atoms with Crippen molar-refractivity contribution in [1.29, 1.82) is 0 Å². The SMILES string of the molecule is O=C1CSC(=NN=Cc2ccc(N3CCC(C(=O)O)CC3)cc2)N1. The van der Waals surface area contributed by atoms with Crippen LogP contribution in [0.4, 0.5) is 5.69 Å². The summed E-state index contributed by atoms with van der Waals surface area (Å²) in [5.41, 5.74) is 2.00. The zero-order chi connectivity index (χ0) is 16.9. The van der Waals surface area contributed by atoms with E-state index in [1.807, 2.05) is 24.3 Å². The van der Waals surface area contributed by atoms with Crippen LogP contribution in [0, 0.1) is 5.92 Å². The van der Waals surface area contributed by atoms with Crippen molar-refractivity contribution in [2.24, 2.45) is 16.1 Å². The number of aliphatic carboxylic acids is 1. The molecule has 0 unspecified atom stereocenters. The van der Waals surface area contributed by atoms with E-state index in [-0.39, 0.29) is 11.8 Å². The second-order valence-corrected chi connectivity index (χ2v) is 6.64. The summed E-state index contributed by atoms with van der Waals surface area (Å²) in [6.07, 6.45) is 3.00. The number of hydrogen-bond donors (Lipinski definition) is 2. The number of rotatable bonds is 4. The largest absolute Gasteiger partial charge is 0.481 e. The summed E-state index contributed by atoms with van der Waals surface area (Å²) < 4.78 is 0. The normalized spacial score (nSPS) is 20.8. The molecule has 24 heavy (non-hydrogen) atoms. The van der Waals surface area contributed by atoms with Crippen LogP contribution >= 0.6 is 11.8 Å². The van der Waals surface area contributed by atoms with Crippen LogP contribution in [-0.4, -0.2) is 47.2 Å². The molecule has 1 amide bonds. The van der Waals surface area contributed by atoms with Gasteiger partial charge < -0.3 is 15.3 Å². The number of thioether (sulfide) groups is 1. The lowest BCUT2D eigenvalue weighted by Gasteiger charge is -2.31. The van der Waals surface area contributed by atoms with Crippen molar-refractivity contribution in [2.45, 2.75) is 12.8 Å². The van der Waals surface area contributed by atoms with Crippen LogP contribution in [-0.2, 0) is 9.59 Å². The molecular formula is C16H18N4O3S. The number of carboxylic acid groups (broad SMARTS) is 1. The first-order valence-corrected chi connectivity index (χ1v) is 8.72. The van der Waals surface area contributed by atoms with E-state index in [9.17, 15) is 9.59 Å². The third-order valence-corrected chi connectivity index (χ3v) is 4.91. The van der Waals surface area contributed by atoms with Gasteiger partial charge in [-0.3, -0.25) is 9.59 Å². The first-order valence-electron chi connectivity index (χ1n) is 7.73. The quantitative estimate of drug-likeness (QED) is 0.637. The van der Waals surface area contributed by atoms with Gasteiger partial charge >= 0.3 is 5.97 Å². The maximum absolute atomic E-state index is 11.0. The Morgan fingerprint density at radius 1 is 1.29 bits per heavy atom. The lowest BCUT2D eigenvalue weighted by atomic mass is 9.96. The second-order valence-electron chi connectivity index (χ2n) is 5.68. The van der Waals surface area contributed by atoms with Crippen LogP contribution < -0.4 is 10.2 Å². The average molecular weight is 346 g/mol. The van der Waals surface area contributed by atoms with Crippen LogP contribution in [0.2, 0.25) is 0 Å². The van der Waals surface area contributed by atoms with E-state index in [0.29, 0.717) is 23.8 Å². The molecule has 126 valence electrons. The first-order chi connectivity index (χ1) is 11.6. The van der Waals surface area contributed by atoms with Crippen LogP contribution in [0.3, 0.4) is 0 Å². The number of carbonyl (C=O) groups is 2. The summed E-state index contributed by atoms with van der Waals surface area (Å²) in [5.74, 6) is -0.577. The minimum absolute atomic E-state index is 0.0510. The Labute approximate surface area is 143 Å². The predicted molar refractivity (Wildman–Crippen MR) is 94.6 cm³/mol. The molecule has 2 saturated heterocycles. The van der Waals surface area contributed by atoms with E-state index in [1.165, 1.54) is 11.8 Å². The number of amides is 1. The van der Waals surface area contributed by atoms with Gasteiger partial charge in [-0.2, -0.15) is 5.10 Å². The van der Waals surface area contributed by atoms with Crippen molar-refractivity contribution in [3.63, 3.8) is 0 Å². The summed E-state index contributed by atoms with van der Waals surface area (Å²) in [6, 6.07) is 7.90. The van der Waals surface area contributed by atoms with Crippen molar-refractivity contribution in [3.05, 3.63) is 29.8 Å². The second kappa shape index (κ2) is 7.48. The lowest BCUT2D eigenvalue weighted by molar-refractivity contribution is -0.142. The number of hydrogen-bond acceptors (Lipinski definition) is 6. The average Bonchev–Trinajstić information content (AvgIpc) is 3.01. The number of piperidine rings is 1. The van der Waals surface area contributed by atoms with Gasteiger partial charge in [-0.25, -0.2) is 0 Å². The van der Waals surface area contributed by atoms with Gasteiger partial charge in [-0.15, -0.1) is 5.10 Å². The van der Waals surface area contributed by atoms with Gasteiger partial charge in [0.1, 0.15) is 0 Å². The maximum atomic E-state index is 11.0. The molecule has 0 aromatic heterocycles. The Balaban J connectivity index is 1.56. The van der Waals surface area contributed by atoms with Gasteiger partial charge in [0.2, 0.25) is 5.91 Å². The molecule has 0 spiro atoms. The van der Waals surface area contributed by atoms with E-state index >= 15 is 0 Å². The fourth-order valence-corrected chi connectivity index (χ4v) is 3.31. The molecule has 0 bridgehead atoms. The number of amidine groups is 1. The van der Waals surface area contributed by atoms with Gasteiger partial charge in [0.25, 0.3) is 0 Å². The fourth-order valence-electron chi connectivity index (χ4n) is 2.68. The molecule has 7 nitrogen and oxygen atoms in total. The number of anilines is 1. The number of nitrogens with one attached hydrogen (secondary N) is 1. The monoisotopic (exact) mass is 346 g/mol. The van der Waals surface area contributed by atoms with E-state index < -0.39 is 5.97 Å². The maximum Gasteiger partial charge on any atom is 0.306 e. The molecular weight excluding hydrogens is 328 g/mol. The van der Waals surface area contributed by atoms with Crippen molar-refractivity contribution in [1.82, 2.24) is 5.32 Å². The topological polar surface area (TPSA) is 94.4 Å². The van der Waals surface area contributed by atoms with Crippen molar-refractivity contribution < 1.29 is 14.7 Å². The number of carboxylic acids is 1. The molecule has 1 aromatic rings. The Hall–Kier alpha value is -2.35. The standard InChI is InChI=1S/C16H18N4O3S/c21-14-10-24-16(18-14)19-17-9-11-1-3-13(4-2-11)20-7-5-12(6-8-20)15(22)23/h1-4,9,12H,5-8,10H2,(H,22,23)(H,18,19,21). The third kappa shape index (κ3) is 4.14. The Kier molecular flexibility index (Phi) is 5.14. The molecule has 1 aromatic carbocycles. The highest BCUT2D eigenvalue weighted by Crippen LogP contribution is 2.23. The molecule has 0 radical (unpaired) electrons. The van der Waals surface area contributed by atoms with E-state index in [4.69, 9.17) is 5.11 Å². The molecule has 0 saturated carbocycles. The van der Waals surface area contributed by atoms with Gasteiger partial charge in [0.05, 0.1) is 17.9 Å². The zero-order valence-corrected chi connectivity index (χ0v) is 13.8. The van der Waals surface area contributed by atoms with Gasteiger partial charge in [-0.1, -0.05) is 23.9 Å². The molecule has 2 aliphatic rings. The zero-order valence-electron chi connectivity index (χ0n) is 13.0. The van der Waals surface area contributed by atoms with Gasteiger partial charge in [-0.05, 0) is 30.5 Å². The van der Waals surface area contributed by atoms with Crippen LogP contribution in [0.25, 0.3) is 0 Å². The molecule has 2 N–H and O–H groups in total. The van der Waals surface area contributed by atoms with E-state index in [0.717, 1.165) is 24.3 Å². The van der Waals surface area contributed by atoms with Crippen LogP contribution in [0.5, 0.6) is 0 Å². The number of benzene rings is 1. The van der Waals surface area contributed by atoms with E-state index in [1.54, 1.807) is 6.21 Å². The molecule has 8 heteroatoms. The summed E-state index contributed by atoms with van der Waals surface area (Å²) in [6.45, 7) is 1.52. The molecule has 2 heterocycles. The van der Waals surface area contributed by atoms with Crippen molar-refractivity contribution in [2.75, 3.05) is 23.7 Å². The highest BCUT2D eigenvalue weighted by atomic mass is 32.2. The molecule has 2 fully saturated rings. The van der Waals surface area contributed by atoms with Crippen molar-refractivity contribution >= 4 is 40.7 Å². The number of nitrogens with zero attached hydrogens (tertiary/aromatic N) is 3. The highest BCUT2D eigenvalue weighted by Gasteiger charge is 2.24. The third-order valence-electron chi connectivity index (χ3n) is 4.04. The molecule has 0 atom stereocenters. The fraction of sp³-hybridized carbons (Fsp3) is 0.375. The smallest absolute Gasteiger partial charge is 0.306 e. The summed E-state index contributed by atoms with van der Waals surface area (Å²) in [5, 5.41) is 20.1. The van der Waals surface area contributed by atoms with Crippen LogP contribution in [0.1, 0.15) is 18.4 Å². The predicted octanol–water partition coefficient (Wildman–Crippen LogP) is 1.54. The van der Waals surface area contributed by atoms with Gasteiger partial charge in [0, 0.05) is 18.8 Å². The summed E-state index contributed by atoms with van der Waals surface area (Å²) in [7, 11) is 0. The highest BCUT2D eigenvalue weighted by molar-refractivity contribution is 8.15.